The van der Waals surface area contributed by atoms with Gasteiger partial charge in [-0.05, 0) is 59.5 Å². The lowest BCUT2D eigenvalue weighted by molar-refractivity contribution is 0.415. The molecule has 0 fully saturated rings. The molecule has 2 aromatic heterocycles. The molecule has 1 aliphatic heterocycles. The number of furan rings is 1. The van der Waals surface area contributed by atoms with Crippen molar-refractivity contribution in [3.8, 4) is 5.75 Å². The minimum Gasteiger partial charge on any atom is -0.497 e. The number of nitrogens with zero attached hydrogens (tertiary/aromatic N) is 2. The lowest BCUT2D eigenvalue weighted by Gasteiger charge is -2.33. The highest BCUT2D eigenvalue weighted by atomic mass is 16.5. The smallest absolute Gasteiger partial charge is 0.227 e. The molecule has 5 rings (SSSR count). The van der Waals surface area contributed by atoms with E-state index in [-0.39, 0.29) is 6.17 Å². The van der Waals surface area contributed by atoms with Crippen LogP contribution in [0.25, 0.3) is 16.7 Å². The lowest BCUT2D eigenvalue weighted by atomic mass is 10.1. The average molecular weight is 358 g/mol. The Hall–Kier alpha value is -3.67. The van der Waals surface area contributed by atoms with Crippen molar-refractivity contribution in [2.24, 2.45) is 10.7 Å². The van der Waals surface area contributed by atoms with Crippen molar-refractivity contribution in [1.29, 1.82) is 0 Å². The maximum atomic E-state index is 6.54. The van der Waals surface area contributed by atoms with E-state index in [0.29, 0.717) is 11.4 Å². The zero-order valence-electron chi connectivity index (χ0n) is 14.7. The Kier molecular flexibility index (Phi) is 3.43. The van der Waals surface area contributed by atoms with Gasteiger partial charge in [0.1, 0.15) is 11.6 Å². The van der Waals surface area contributed by atoms with Crippen LogP contribution in [0.2, 0.25) is 0 Å². The summed E-state index contributed by atoms with van der Waals surface area (Å²) in [5, 5.41) is 1.92. The first-order valence-electron chi connectivity index (χ1n) is 8.66. The molecule has 1 atom stereocenters. The number of benzene rings is 2. The number of methoxy groups -OCH3 is 1. The van der Waals surface area contributed by atoms with E-state index in [4.69, 9.17) is 19.9 Å². The molecule has 0 radical (unpaired) electrons. The van der Waals surface area contributed by atoms with Crippen LogP contribution >= 0.6 is 0 Å². The third-order valence-electron chi connectivity index (χ3n) is 4.89. The summed E-state index contributed by atoms with van der Waals surface area (Å²) in [6, 6.07) is 17.9. The Balaban J connectivity index is 1.70. The Morgan fingerprint density at radius 3 is 2.78 bits per heavy atom. The SMILES string of the molecule is COc1ccc(N2C(N)=c3ccoc3=NC2c2ccc3[nH]ccc3c2)cc1. The summed E-state index contributed by atoms with van der Waals surface area (Å²) < 4.78 is 10.8. The Morgan fingerprint density at radius 1 is 1.11 bits per heavy atom. The van der Waals surface area contributed by atoms with E-state index < -0.39 is 0 Å². The van der Waals surface area contributed by atoms with Gasteiger partial charge in [0.05, 0.1) is 18.6 Å². The van der Waals surface area contributed by atoms with Gasteiger partial charge in [-0.15, -0.1) is 0 Å². The molecule has 6 nitrogen and oxygen atoms in total. The molecular formula is C21H18N4O2. The van der Waals surface area contributed by atoms with Crippen LogP contribution in [0, 0.1) is 0 Å². The largest absolute Gasteiger partial charge is 0.497 e. The van der Waals surface area contributed by atoms with Crippen molar-refractivity contribution in [1.82, 2.24) is 4.98 Å². The molecule has 0 amide bonds. The average Bonchev–Trinajstić information content (AvgIpc) is 3.36. The number of aromatic nitrogens is 1. The van der Waals surface area contributed by atoms with E-state index in [2.05, 4.69) is 23.2 Å². The summed E-state index contributed by atoms with van der Waals surface area (Å²) in [6.07, 6.45) is 3.22. The molecule has 6 heteroatoms. The maximum absolute atomic E-state index is 6.54. The highest BCUT2D eigenvalue weighted by Crippen LogP contribution is 2.33. The van der Waals surface area contributed by atoms with Gasteiger partial charge in [-0.25, -0.2) is 4.99 Å². The normalized spacial score (nSPS) is 16.3. The summed E-state index contributed by atoms with van der Waals surface area (Å²) in [6.45, 7) is 0. The third-order valence-corrected chi connectivity index (χ3v) is 4.89. The highest BCUT2D eigenvalue weighted by Gasteiger charge is 2.27. The second-order valence-corrected chi connectivity index (χ2v) is 6.42. The van der Waals surface area contributed by atoms with Crippen molar-refractivity contribution < 1.29 is 9.15 Å². The Morgan fingerprint density at radius 2 is 1.96 bits per heavy atom. The van der Waals surface area contributed by atoms with Crippen LogP contribution in [-0.4, -0.2) is 12.1 Å². The summed E-state index contributed by atoms with van der Waals surface area (Å²) in [4.78, 5) is 10.1. The highest BCUT2D eigenvalue weighted by molar-refractivity contribution is 5.80. The minimum absolute atomic E-state index is 0.323. The summed E-state index contributed by atoms with van der Waals surface area (Å²) in [7, 11) is 1.65. The second-order valence-electron chi connectivity index (χ2n) is 6.42. The molecule has 4 aromatic rings. The van der Waals surface area contributed by atoms with Gasteiger partial charge in [-0.2, -0.15) is 0 Å². The number of nitrogens with two attached hydrogens (primary N) is 1. The summed E-state index contributed by atoms with van der Waals surface area (Å²) in [5.41, 5.74) is 10.1. The van der Waals surface area contributed by atoms with Crippen molar-refractivity contribution in [2.45, 2.75) is 6.17 Å². The first kappa shape index (κ1) is 15.6. The van der Waals surface area contributed by atoms with Crippen molar-refractivity contribution >= 4 is 22.4 Å². The van der Waals surface area contributed by atoms with Crippen LogP contribution < -0.4 is 26.1 Å². The molecule has 3 heterocycles. The monoisotopic (exact) mass is 358 g/mol. The predicted molar refractivity (Wildman–Crippen MR) is 104 cm³/mol. The number of ether oxygens (including phenoxy) is 1. The maximum Gasteiger partial charge on any atom is 0.227 e. The molecule has 0 aliphatic carbocycles. The number of H-pyrrole nitrogens is 1. The minimum atomic E-state index is -0.323. The van der Waals surface area contributed by atoms with Gasteiger partial charge in [0.2, 0.25) is 5.55 Å². The fraction of sp³-hybridized carbons (Fsp3) is 0.0952. The van der Waals surface area contributed by atoms with Gasteiger partial charge in [-0.3, -0.25) is 0 Å². The van der Waals surface area contributed by atoms with Crippen LogP contribution in [0.3, 0.4) is 0 Å². The fourth-order valence-electron chi connectivity index (χ4n) is 3.51. The summed E-state index contributed by atoms with van der Waals surface area (Å²) in [5.74, 6) is 1.40. The topological polar surface area (TPSA) is 79.8 Å². The first-order valence-corrected chi connectivity index (χ1v) is 8.66. The van der Waals surface area contributed by atoms with Gasteiger partial charge >= 0.3 is 0 Å². The zero-order valence-corrected chi connectivity index (χ0v) is 14.7. The van der Waals surface area contributed by atoms with E-state index in [1.54, 1.807) is 13.4 Å². The Labute approximate surface area is 155 Å². The molecule has 0 saturated carbocycles. The molecule has 0 saturated heterocycles. The number of anilines is 1. The van der Waals surface area contributed by atoms with Crippen LogP contribution in [0.5, 0.6) is 5.75 Å². The molecule has 1 aliphatic rings. The predicted octanol–water partition coefficient (Wildman–Crippen LogP) is 2.63. The van der Waals surface area contributed by atoms with Gasteiger partial charge in [0, 0.05) is 17.4 Å². The molecular weight excluding hydrogens is 340 g/mol. The molecule has 0 spiro atoms. The Bertz CT molecular complexity index is 1240. The number of aromatic amines is 1. The molecule has 134 valence electrons. The standard InChI is InChI=1S/C21H18N4O2/c1-26-16-5-3-15(4-6-16)25-19(22)17-9-11-27-21(17)24-20(25)14-2-7-18-13(12-14)8-10-23-18/h2-12,20,23H,22H2,1H3. The first-order chi connectivity index (χ1) is 13.2. The van der Waals surface area contributed by atoms with Crippen LogP contribution in [0.1, 0.15) is 11.7 Å². The van der Waals surface area contributed by atoms with E-state index >= 15 is 0 Å². The lowest BCUT2D eigenvalue weighted by Crippen LogP contribution is -2.43. The van der Waals surface area contributed by atoms with E-state index in [0.717, 1.165) is 33.1 Å². The van der Waals surface area contributed by atoms with E-state index in [1.165, 1.54) is 0 Å². The molecule has 3 N–H and O–H groups in total. The van der Waals surface area contributed by atoms with Crippen LogP contribution in [0.4, 0.5) is 5.69 Å². The molecule has 0 bridgehead atoms. The van der Waals surface area contributed by atoms with Crippen molar-refractivity contribution in [3.63, 3.8) is 0 Å². The molecule has 2 aromatic carbocycles. The fourth-order valence-corrected chi connectivity index (χ4v) is 3.51. The molecule has 27 heavy (non-hydrogen) atoms. The number of fused-ring (bicyclic) bond motifs is 2. The van der Waals surface area contributed by atoms with Crippen LogP contribution in [-0.2, 0) is 0 Å². The number of hydrogen-bond acceptors (Lipinski definition) is 5. The summed E-state index contributed by atoms with van der Waals surface area (Å²) >= 11 is 0. The van der Waals surface area contributed by atoms with E-state index in [9.17, 15) is 0 Å². The second kappa shape index (κ2) is 5.95. The van der Waals surface area contributed by atoms with E-state index in [1.807, 2.05) is 47.5 Å². The van der Waals surface area contributed by atoms with Crippen molar-refractivity contribution in [2.75, 3.05) is 12.0 Å². The van der Waals surface area contributed by atoms with Gasteiger partial charge in [0.15, 0.2) is 6.17 Å². The van der Waals surface area contributed by atoms with Crippen LogP contribution in [0.15, 0.2) is 76.5 Å². The molecule has 1 unspecified atom stereocenters. The quantitative estimate of drug-likeness (QED) is 0.590. The zero-order chi connectivity index (χ0) is 18.4. The number of rotatable bonds is 3. The van der Waals surface area contributed by atoms with Crippen molar-refractivity contribution in [3.05, 3.63) is 83.4 Å². The third kappa shape index (κ3) is 2.45. The number of hydrogen-bond donors (Lipinski definition) is 2. The number of nitrogens with one attached hydrogen (secondary N) is 1. The van der Waals surface area contributed by atoms with Gasteiger partial charge in [0.25, 0.3) is 0 Å². The van der Waals surface area contributed by atoms with Gasteiger partial charge < -0.3 is 24.8 Å². The van der Waals surface area contributed by atoms with Gasteiger partial charge in [-0.1, -0.05) is 6.07 Å².